The molecule has 0 N–H and O–H groups in total. The van der Waals surface area contributed by atoms with Gasteiger partial charge in [0.15, 0.2) is 11.6 Å². The largest absolute Gasteiger partial charge is 0.497 e. The number of methoxy groups -OCH3 is 2. The smallest absolute Gasteiger partial charge is 0.199 e. The van der Waals surface area contributed by atoms with E-state index < -0.39 is 11.6 Å². The van der Waals surface area contributed by atoms with Crippen molar-refractivity contribution in [2.75, 3.05) is 14.2 Å². The highest BCUT2D eigenvalue weighted by molar-refractivity contribution is 9.10. The molecular weight excluding hydrogens is 363 g/mol. The molecule has 0 saturated carbocycles. The highest BCUT2D eigenvalue weighted by Crippen LogP contribution is 2.31. The Morgan fingerprint density at radius 2 is 1.86 bits per heavy atom. The van der Waals surface area contributed by atoms with Gasteiger partial charge in [0.1, 0.15) is 11.5 Å². The van der Waals surface area contributed by atoms with Crippen LogP contribution in [0.4, 0.5) is 4.39 Å². The summed E-state index contributed by atoms with van der Waals surface area (Å²) in [5, 5.41) is -0.136. The third-order valence-electron chi connectivity index (χ3n) is 2.93. The molecule has 0 aliphatic rings. The number of carbonyl (C=O) groups is 1. The molecule has 0 radical (unpaired) electrons. The van der Waals surface area contributed by atoms with Crippen LogP contribution >= 0.6 is 27.5 Å². The van der Waals surface area contributed by atoms with E-state index >= 15 is 0 Å². The third kappa shape index (κ3) is 3.04. The molecule has 0 atom stereocenters. The van der Waals surface area contributed by atoms with E-state index in [-0.39, 0.29) is 16.1 Å². The summed E-state index contributed by atoms with van der Waals surface area (Å²) in [5.41, 5.74) is 0.0730. The van der Waals surface area contributed by atoms with Crippen LogP contribution in [0, 0.1) is 5.82 Å². The van der Waals surface area contributed by atoms with Gasteiger partial charge in [-0.1, -0.05) is 11.6 Å². The summed E-state index contributed by atoms with van der Waals surface area (Å²) in [6.07, 6.45) is 0. The molecule has 0 aromatic heterocycles. The van der Waals surface area contributed by atoms with Gasteiger partial charge in [0, 0.05) is 4.47 Å². The van der Waals surface area contributed by atoms with E-state index in [0.29, 0.717) is 16.0 Å². The van der Waals surface area contributed by atoms with E-state index in [4.69, 9.17) is 21.1 Å². The van der Waals surface area contributed by atoms with Crippen molar-refractivity contribution >= 4 is 33.3 Å². The molecule has 0 amide bonds. The van der Waals surface area contributed by atoms with Crippen LogP contribution in [0.15, 0.2) is 34.8 Å². The molecule has 0 spiro atoms. The van der Waals surface area contributed by atoms with Crippen molar-refractivity contribution in [3.8, 4) is 11.5 Å². The zero-order valence-electron chi connectivity index (χ0n) is 11.2. The molecule has 2 aromatic rings. The zero-order valence-corrected chi connectivity index (χ0v) is 13.6. The van der Waals surface area contributed by atoms with Crippen LogP contribution in [-0.4, -0.2) is 20.0 Å². The Balaban J connectivity index is 2.57. The highest BCUT2D eigenvalue weighted by atomic mass is 79.9. The minimum Gasteiger partial charge on any atom is -0.497 e. The molecule has 21 heavy (non-hydrogen) atoms. The molecule has 0 saturated heterocycles. The van der Waals surface area contributed by atoms with Gasteiger partial charge in [0.2, 0.25) is 0 Å². The first-order chi connectivity index (χ1) is 9.99. The maximum atomic E-state index is 14.2. The summed E-state index contributed by atoms with van der Waals surface area (Å²) in [6.45, 7) is 0. The molecule has 3 nitrogen and oxygen atoms in total. The molecule has 0 heterocycles. The lowest BCUT2D eigenvalue weighted by molar-refractivity contribution is 0.103. The molecule has 2 aromatic carbocycles. The lowest BCUT2D eigenvalue weighted by Crippen LogP contribution is -2.07. The highest BCUT2D eigenvalue weighted by Gasteiger charge is 2.21. The van der Waals surface area contributed by atoms with Crippen molar-refractivity contribution in [3.63, 3.8) is 0 Å². The Labute approximate surface area is 134 Å². The van der Waals surface area contributed by atoms with E-state index in [1.54, 1.807) is 12.1 Å². The molecule has 0 bridgehead atoms. The predicted octanol–water partition coefficient (Wildman–Crippen LogP) is 4.49. The van der Waals surface area contributed by atoms with Gasteiger partial charge >= 0.3 is 0 Å². The monoisotopic (exact) mass is 372 g/mol. The number of carbonyl (C=O) groups excluding carboxylic acids is 1. The lowest BCUT2D eigenvalue weighted by Gasteiger charge is -2.11. The second kappa shape index (κ2) is 6.45. The number of hydrogen-bond donors (Lipinski definition) is 0. The standard InChI is InChI=1S/C15H11BrClFO3/c1-20-8-3-6-12(21-2)10(7-8)15(19)9-4-5-11(16)13(17)14(9)18/h3-7H,1-2H3. The van der Waals surface area contributed by atoms with Gasteiger partial charge in [0.05, 0.1) is 30.4 Å². The average molecular weight is 374 g/mol. The van der Waals surface area contributed by atoms with Gasteiger partial charge in [-0.15, -0.1) is 0 Å². The number of ketones is 1. The SMILES string of the molecule is COc1ccc(OC)c(C(=O)c2ccc(Br)c(Cl)c2F)c1. The van der Waals surface area contributed by atoms with Crippen LogP contribution in [-0.2, 0) is 0 Å². The summed E-state index contributed by atoms with van der Waals surface area (Å²) in [5.74, 6) is -0.499. The van der Waals surface area contributed by atoms with Gasteiger partial charge in [0.25, 0.3) is 0 Å². The fourth-order valence-corrected chi connectivity index (χ4v) is 2.31. The Hall–Kier alpha value is -1.59. The summed E-state index contributed by atoms with van der Waals surface area (Å²) >= 11 is 8.93. The molecule has 6 heteroatoms. The zero-order chi connectivity index (χ0) is 15.6. The molecule has 0 fully saturated rings. The number of halogens is 3. The van der Waals surface area contributed by atoms with E-state index in [1.165, 1.54) is 32.4 Å². The van der Waals surface area contributed by atoms with Crippen molar-refractivity contribution in [2.45, 2.75) is 0 Å². The first kappa shape index (κ1) is 15.8. The summed E-state index contributed by atoms with van der Waals surface area (Å²) < 4.78 is 24.8. The number of benzene rings is 2. The minimum atomic E-state index is -0.777. The van der Waals surface area contributed by atoms with E-state index in [1.807, 2.05) is 0 Å². The van der Waals surface area contributed by atoms with Gasteiger partial charge in [-0.3, -0.25) is 4.79 Å². The van der Waals surface area contributed by atoms with Crippen LogP contribution in [0.25, 0.3) is 0 Å². The summed E-state index contributed by atoms with van der Waals surface area (Å²) in [4.78, 5) is 12.5. The maximum Gasteiger partial charge on any atom is 0.199 e. The fourth-order valence-electron chi connectivity index (χ4n) is 1.84. The van der Waals surface area contributed by atoms with Crippen molar-refractivity contribution in [1.29, 1.82) is 0 Å². The quantitative estimate of drug-likeness (QED) is 0.585. The molecule has 0 aliphatic carbocycles. The first-order valence-electron chi connectivity index (χ1n) is 5.89. The van der Waals surface area contributed by atoms with Crippen LogP contribution in [0.5, 0.6) is 11.5 Å². The van der Waals surface area contributed by atoms with E-state index in [0.717, 1.165) is 0 Å². The van der Waals surface area contributed by atoms with Gasteiger partial charge in [-0.25, -0.2) is 4.39 Å². The molecular formula is C15H11BrClFO3. The van der Waals surface area contributed by atoms with Crippen LogP contribution in [0.3, 0.4) is 0 Å². The molecule has 0 unspecified atom stereocenters. The van der Waals surface area contributed by atoms with Gasteiger partial charge < -0.3 is 9.47 Å². The predicted molar refractivity (Wildman–Crippen MR) is 82.1 cm³/mol. The molecule has 110 valence electrons. The van der Waals surface area contributed by atoms with Crippen molar-refractivity contribution in [3.05, 3.63) is 56.8 Å². The van der Waals surface area contributed by atoms with Crippen molar-refractivity contribution < 1.29 is 18.7 Å². The number of hydrogen-bond acceptors (Lipinski definition) is 3. The molecule has 0 aliphatic heterocycles. The Bertz CT molecular complexity index is 704. The summed E-state index contributed by atoms with van der Waals surface area (Å²) in [7, 11) is 2.91. The minimum absolute atomic E-state index is 0.130. The van der Waals surface area contributed by atoms with Gasteiger partial charge in [-0.2, -0.15) is 0 Å². The maximum absolute atomic E-state index is 14.2. The average Bonchev–Trinajstić information content (AvgIpc) is 2.51. The second-order valence-corrected chi connectivity index (χ2v) is 5.35. The van der Waals surface area contributed by atoms with Crippen molar-refractivity contribution in [1.82, 2.24) is 0 Å². The van der Waals surface area contributed by atoms with Gasteiger partial charge in [-0.05, 0) is 46.3 Å². The van der Waals surface area contributed by atoms with Crippen LogP contribution in [0.2, 0.25) is 5.02 Å². The first-order valence-corrected chi connectivity index (χ1v) is 7.07. The van der Waals surface area contributed by atoms with E-state index in [9.17, 15) is 9.18 Å². The lowest BCUT2D eigenvalue weighted by atomic mass is 10.0. The Morgan fingerprint density at radius 3 is 2.48 bits per heavy atom. The fraction of sp³-hybridized carbons (Fsp3) is 0.133. The normalized spacial score (nSPS) is 10.3. The van der Waals surface area contributed by atoms with E-state index in [2.05, 4.69) is 15.9 Å². The molecule has 2 rings (SSSR count). The van der Waals surface area contributed by atoms with Crippen LogP contribution in [0.1, 0.15) is 15.9 Å². The second-order valence-electron chi connectivity index (χ2n) is 4.12. The Kier molecular flexibility index (Phi) is 4.85. The topological polar surface area (TPSA) is 35.5 Å². The number of rotatable bonds is 4. The Morgan fingerprint density at radius 1 is 1.14 bits per heavy atom. The van der Waals surface area contributed by atoms with Crippen molar-refractivity contribution in [2.24, 2.45) is 0 Å². The number of ether oxygens (including phenoxy) is 2. The van der Waals surface area contributed by atoms with Crippen LogP contribution < -0.4 is 9.47 Å². The third-order valence-corrected chi connectivity index (χ3v) is 4.19. The summed E-state index contributed by atoms with van der Waals surface area (Å²) in [6, 6.07) is 7.62.